The molecule has 8 nitrogen and oxygen atoms in total. The SMILES string of the molecule is Cc1ccc(S(=O)(=O)N(CCc2ccc(-n3c(CCCc4ccncc4)nc4cc(C(F)(F)F)c(Cl)cc43)cc2)C(=O)[O-])cc1. The lowest BCUT2D eigenvalue weighted by molar-refractivity contribution is -0.259. The first-order valence-electron chi connectivity index (χ1n) is 13.9. The summed E-state index contributed by atoms with van der Waals surface area (Å²) in [7, 11) is -4.35. The van der Waals surface area contributed by atoms with E-state index < -0.39 is 32.9 Å². The van der Waals surface area contributed by atoms with Crippen molar-refractivity contribution < 1.29 is 31.5 Å². The number of fused-ring (bicyclic) bond motifs is 1. The molecule has 0 aliphatic carbocycles. The molecule has 0 aliphatic rings. The molecule has 5 aromatic rings. The quantitative estimate of drug-likeness (QED) is 0.179. The molecule has 0 N–H and O–H groups in total. The predicted octanol–water partition coefficient (Wildman–Crippen LogP) is 6.15. The summed E-state index contributed by atoms with van der Waals surface area (Å²) in [5.41, 5.74) is 2.67. The number of aryl methyl sites for hydroxylation is 3. The van der Waals surface area contributed by atoms with E-state index in [2.05, 4.69) is 9.97 Å². The van der Waals surface area contributed by atoms with Gasteiger partial charge in [0, 0.05) is 31.0 Å². The highest BCUT2D eigenvalue weighted by Crippen LogP contribution is 2.38. The molecule has 0 radical (unpaired) electrons. The normalized spacial score (nSPS) is 12.0. The van der Waals surface area contributed by atoms with Crippen molar-refractivity contribution in [1.29, 1.82) is 0 Å². The molecule has 2 heterocycles. The standard InChI is InChI=1S/C32H28ClF3N4O4S/c1-21-5-11-25(12-6-21)45(43,44)39(31(41)42)18-15-23-7-9-24(10-8-23)40-29-20-27(33)26(32(34,35)36)19-28(29)38-30(40)4-2-3-22-13-16-37-17-14-22/h5-14,16-17,19-20H,2-4,15,18H2,1H3,(H,41,42)/p-1. The van der Waals surface area contributed by atoms with E-state index in [0.29, 0.717) is 46.2 Å². The number of hydrogen-bond donors (Lipinski definition) is 0. The van der Waals surface area contributed by atoms with Gasteiger partial charge in [0.15, 0.2) is 6.09 Å². The predicted molar refractivity (Wildman–Crippen MR) is 162 cm³/mol. The molecule has 5 rings (SSSR count). The fourth-order valence-corrected chi connectivity index (χ4v) is 6.54. The van der Waals surface area contributed by atoms with Gasteiger partial charge >= 0.3 is 6.18 Å². The van der Waals surface area contributed by atoms with Crippen molar-refractivity contribution in [3.05, 3.63) is 118 Å². The summed E-state index contributed by atoms with van der Waals surface area (Å²) in [6.07, 6.45) is -1.22. The summed E-state index contributed by atoms with van der Waals surface area (Å²) in [5, 5.41) is 11.4. The maximum Gasteiger partial charge on any atom is 0.417 e. The van der Waals surface area contributed by atoms with Crippen molar-refractivity contribution in [2.75, 3.05) is 6.54 Å². The number of sulfonamides is 1. The summed E-state index contributed by atoms with van der Waals surface area (Å²) in [5.74, 6) is 0.537. The molecule has 0 spiro atoms. The molecule has 0 bridgehead atoms. The first-order chi connectivity index (χ1) is 21.3. The number of benzene rings is 3. The molecule has 0 atom stereocenters. The Bertz CT molecular complexity index is 1930. The molecule has 0 fully saturated rings. The Morgan fingerprint density at radius 1 is 0.933 bits per heavy atom. The van der Waals surface area contributed by atoms with Crippen LogP contribution in [-0.4, -0.2) is 39.9 Å². The molecular formula is C32H27ClF3N4O4S-. The van der Waals surface area contributed by atoms with E-state index >= 15 is 0 Å². The molecular weight excluding hydrogens is 629 g/mol. The second kappa shape index (κ2) is 12.9. The van der Waals surface area contributed by atoms with E-state index in [1.807, 2.05) is 12.1 Å². The van der Waals surface area contributed by atoms with Crippen molar-refractivity contribution in [1.82, 2.24) is 18.8 Å². The van der Waals surface area contributed by atoms with Gasteiger partial charge in [-0.1, -0.05) is 41.4 Å². The first-order valence-corrected chi connectivity index (χ1v) is 15.7. The zero-order valence-corrected chi connectivity index (χ0v) is 25.5. The largest absolute Gasteiger partial charge is 0.529 e. The average molecular weight is 656 g/mol. The second-order valence-electron chi connectivity index (χ2n) is 10.5. The molecule has 3 aromatic carbocycles. The van der Waals surface area contributed by atoms with Gasteiger partial charge in [-0.25, -0.2) is 13.4 Å². The fraction of sp³-hybridized carbons (Fsp3) is 0.219. The number of alkyl halides is 3. The average Bonchev–Trinajstić information content (AvgIpc) is 3.34. The third-order valence-electron chi connectivity index (χ3n) is 7.34. The van der Waals surface area contributed by atoms with E-state index in [1.165, 1.54) is 18.2 Å². The van der Waals surface area contributed by atoms with E-state index in [1.54, 1.807) is 60.3 Å². The van der Waals surface area contributed by atoms with E-state index in [4.69, 9.17) is 11.6 Å². The molecule has 0 unspecified atom stereocenters. The minimum atomic E-state index is -4.65. The first kappa shape index (κ1) is 32.0. The fourth-order valence-electron chi connectivity index (χ4n) is 5.01. The molecule has 13 heteroatoms. The van der Waals surface area contributed by atoms with E-state index in [9.17, 15) is 31.5 Å². The van der Waals surface area contributed by atoms with Gasteiger partial charge in [0.05, 0.1) is 26.5 Å². The molecule has 0 saturated heterocycles. The lowest BCUT2D eigenvalue weighted by atomic mass is 10.1. The van der Waals surface area contributed by atoms with Crippen molar-refractivity contribution in [3.8, 4) is 5.69 Å². The number of aromatic nitrogens is 3. The third-order valence-corrected chi connectivity index (χ3v) is 9.44. The minimum absolute atomic E-state index is 0.0591. The number of carbonyl (C=O) groups is 1. The Hall–Kier alpha value is -4.42. The summed E-state index contributed by atoms with van der Waals surface area (Å²) in [6, 6.07) is 18.6. The Morgan fingerprint density at radius 3 is 2.20 bits per heavy atom. The third kappa shape index (κ3) is 7.12. The van der Waals surface area contributed by atoms with Crippen LogP contribution in [0.15, 0.2) is 90.1 Å². The van der Waals surface area contributed by atoms with Gasteiger partial charge in [0.1, 0.15) is 5.82 Å². The van der Waals surface area contributed by atoms with Crippen LogP contribution in [0.1, 0.15) is 34.5 Å². The van der Waals surface area contributed by atoms with Crippen LogP contribution in [0, 0.1) is 6.92 Å². The summed E-state index contributed by atoms with van der Waals surface area (Å²) >= 11 is 6.08. The number of carbonyl (C=O) groups excluding carboxylic acids is 1. The number of imidazole rings is 1. The summed E-state index contributed by atoms with van der Waals surface area (Å²) < 4.78 is 68.8. The van der Waals surface area contributed by atoms with Crippen LogP contribution < -0.4 is 5.11 Å². The van der Waals surface area contributed by atoms with Gasteiger partial charge in [-0.2, -0.15) is 13.2 Å². The molecule has 234 valence electrons. The van der Waals surface area contributed by atoms with Crippen molar-refractivity contribution in [2.45, 2.75) is 43.7 Å². The zero-order valence-electron chi connectivity index (χ0n) is 24.0. The van der Waals surface area contributed by atoms with Gasteiger partial charge in [0.2, 0.25) is 0 Å². The van der Waals surface area contributed by atoms with Crippen molar-refractivity contribution >= 4 is 38.8 Å². The number of halogens is 4. The number of amides is 1. The molecule has 0 aliphatic heterocycles. The van der Waals surface area contributed by atoms with Crippen molar-refractivity contribution in [2.24, 2.45) is 0 Å². The maximum atomic E-state index is 13.6. The highest BCUT2D eigenvalue weighted by molar-refractivity contribution is 7.89. The topological polar surface area (TPSA) is 108 Å². The minimum Gasteiger partial charge on any atom is -0.529 e. The van der Waals surface area contributed by atoms with E-state index in [0.717, 1.165) is 17.2 Å². The lowest BCUT2D eigenvalue weighted by Gasteiger charge is -2.24. The van der Waals surface area contributed by atoms with Crippen LogP contribution in [0.5, 0.6) is 0 Å². The Labute approximate surface area is 262 Å². The van der Waals surface area contributed by atoms with Gasteiger partial charge in [-0.15, -0.1) is 0 Å². The second-order valence-corrected chi connectivity index (χ2v) is 12.7. The van der Waals surface area contributed by atoms with Gasteiger partial charge in [-0.05, 0) is 85.8 Å². The number of rotatable bonds is 10. The van der Waals surface area contributed by atoms with E-state index in [-0.39, 0.29) is 23.4 Å². The highest BCUT2D eigenvalue weighted by atomic mass is 35.5. The van der Waals surface area contributed by atoms with Crippen molar-refractivity contribution in [3.63, 3.8) is 0 Å². The lowest BCUT2D eigenvalue weighted by Crippen LogP contribution is -2.45. The molecule has 1 amide bonds. The number of pyridine rings is 1. The van der Waals surface area contributed by atoms with Crippen LogP contribution in [0.4, 0.5) is 18.0 Å². The summed E-state index contributed by atoms with van der Waals surface area (Å²) in [4.78, 5) is 20.2. The highest BCUT2D eigenvalue weighted by Gasteiger charge is 2.34. The number of hydrogen-bond acceptors (Lipinski definition) is 6. The number of nitrogens with zero attached hydrogens (tertiary/aromatic N) is 4. The van der Waals surface area contributed by atoms with Crippen LogP contribution in [-0.2, 0) is 35.5 Å². The Morgan fingerprint density at radius 2 is 1.58 bits per heavy atom. The monoisotopic (exact) mass is 655 g/mol. The van der Waals surface area contributed by atoms with Gasteiger partial charge in [0.25, 0.3) is 10.0 Å². The van der Waals surface area contributed by atoms with Gasteiger partial charge in [-0.3, -0.25) is 13.9 Å². The van der Waals surface area contributed by atoms with Crippen LogP contribution in [0.3, 0.4) is 0 Å². The molecule has 45 heavy (non-hydrogen) atoms. The molecule has 2 aromatic heterocycles. The number of carboxylic acid groups (broad SMARTS) is 1. The summed E-state index contributed by atoms with van der Waals surface area (Å²) in [6.45, 7) is 1.41. The van der Waals surface area contributed by atoms with Gasteiger partial charge < -0.3 is 9.90 Å². The smallest absolute Gasteiger partial charge is 0.417 e. The Kier molecular flexibility index (Phi) is 9.17. The van der Waals surface area contributed by atoms with Crippen LogP contribution >= 0.6 is 11.6 Å². The van der Waals surface area contributed by atoms with Crippen LogP contribution in [0.25, 0.3) is 16.7 Å². The van der Waals surface area contributed by atoms with Crippen LogP contribution in [0.2, 0.25) is 5.02 Å². The maximum absolute atomic E-state index is 13.6. The zero-order chi connectivity index (χ0) is 32.4. The molecule has 0 saturated carbocycles. The Balaban J connectivity index is 1.42.